The summed E-state index contributed by atoms with van der Waals surface area (Å²) in [5, 5.41) is 0. The minimum absolute atomic E-state index is 0.187. The molecule has 1 saturated carbocycles. The van der Waals surface area contributed by atoms with Gasteiger partial charge in [-0.25, -0.2) is 0 Å². The van der Waals surface area contributed by atoms with Gasteiger partial charge in [0, 0.05) is 19.6 Å². The highest BCUT2D eigenvalue weighted by Crippen LogP contribution is 2.41. The Morgan fingerprint density at radius 2 is 2.05 bits per heavy atom. The molecule has 0 radical (unpaired) electrons. The van der Waals surface area contributed by atoms with Crippen LogP contribution in [-0.2, 0) is 11.3 Å². The molecular weight excluding hydrogens is 266 g/mol. The van der Waals surface area contributed by atoms with E-state index in [1.165, 1.54) is 0 Å². The number of nitrogens with two attached hydrogens (primary N) is 1. The monoisotopic (exact) mass is 293 g/mol. The summed E-state index contributed by atoms with van der Waals surface area (Å²) < 4.78 is 5.63. The summed E-state index contributed by atoms with van der Waals surface area (Å²) in [4.78, 5) is 16.9. The van der Waals surface area contributed by atoms with Gasteiger partial charge in [0.25, 0.3) is 0 Å². The summed E-state index contributed by atoms with van der Waals surface area (Å²) in [6.07, 6.45) is 2.93. The number of rotatable bonds is 7. The number of hydrogen-bond acceptors (Lipinski definition) is 4. The Morgan fingerprint density at radius 3 is 2.48 bits per heavy atom. The maximum atomic E-state index is 12.9. The second-order valence-electron chi connectivity index (χ2n) is 6.38. The summed E-state index contributed by atoms with van der Waals surface area (Å²) in [6, 6.07) is 3.88. The van der Waals surface area contributed by atoms with E-state index in [-0.39, 0.29) is 11.3 Å². The number of carbonyl (C=O) groups is 1. The second-order valence-corrected chi connectivity index (χ2v) is 6.38. The maximum absolute atomic E-state index is 12.9. The molecule has 1 aromatic heterocycles. The van der Waals surface area contributed by atoms with Crippen LogP contribution in [0.4, 0.5) is 0 Å². The highest BCUT2D eigenvalue weighted by atomic mass is 16.3. The van der Waals surface area contributed by atoms with Gasteiger partial charge in [-0.1, -0.05) is 6.42 Å². The molecule has 0 unspecified atom stereocenters. The summed E-state index contributed by atoms with van der Waals surface area (Å²) in [5.41, 5.74) is 5.55. The first kappa shape index (κ1) is 16.0. The molecule has 0 bridgehead atoms. The Labute approximate surface area is 127 Å². The number of aryl methyl sites for hydroxylation is 1. The van der Waals surface area contributed by atoms with Crippen LogP contribution < -0.4 is 5.73 Å². The maximum Gasteiger partial charge on any atom is 0.230 e. The van der Waals surface area contributed by atoms with Gasteiger partial charge in [-0.05, 0) is 46.0 Å². The zero-order valence-electron chi connectivity index (χ0n) is 13.4. The van der Waals surface area contributed by atoms with E-state index < -0.39 is 0 Å². The van der Waals surface area contributed by atoms with Gasteiger partial charge in [-0.3, -0.25) is 4.79 Å². The van der Waals surface area contributed by atoms with Crippen molar-refractivity contribution >= 4 is 5.91 Å². The van der Waals surface area contributed by atoms with E-state index in [1.807, 2.05) is 38.1 Å². The van der Waals surface area contributed by atoms with Crippen LogP contribution in [0, 0.1) is 12.3 Å². The number of carbonyl (C=O) groups excluding carboxylic acids is 1. The molecule has 1 aliphatic rings. The Balaban J connectivity index is 2.09. The largest absolute Gasteiger partial charge is 0.464 e. The molecular formula is C16H27N3O2. The molecule has 5 heteroatoms. The Bertz CT molecular complexity index is 472. The first-order valence-corrected chi connectivity index (χ1v) is 7.66. The quantitative estimate of drug-likeness (QED) is 0.829. The van der Waals surface area contributed by atoms with Crippen molar-refractivity contribution in [3.8, 4) is 0 Å². The number of amides is 1. The fourth-order valence-corrected chi connectivity index (χ4v) is 2.78. The number of likely N-dealkylation sites (N-methyl/N-ethyl adjacent to an activating group) is 1. The zero-order valence-corrected chi connectivity index (χ0v) is 13.4. The van der Waals surface area contributed by atoms with Crippen molar-refractivity contribution in [1.29, 1.82) is 0 Å². The lowest BCUT2D eigenvalue weighted by molar-refractivity contribution is -0.147. The number of nitrogens with zero attached hydrogens (tertiary/aromatic N) is 2. The van der Waals surface area contributed by atoms with Gasteiger partial charge < -0.3 is 20.0 Å². The van der Waals surface area contributed by atoms with E-state index >= 15 is 0 Å². The molecule has 21 heavy (non-hydrogen) atoms. The predicted octanol–water partition coefficient (Wildman–Crippen LogP) is 1.61. The van der Waals surface area contributed by atoms with Crippen molar-refractivity contribution < 1.29 is 9.21 Å². The third-order valence-electron chi connectivity index (χ3n) is 4.40. The van der Waals surface area contributed by atoms with Crippen molar-refractivity contribution in [2.75, 3.05) is 33.7 Å². The molecule has 1 amide bonds. The fourth-order valence-electron chi connectivity index (χ4n) is 2.78. The van der Waals surface area contributed by atoms with Crippen molar-refractivity contribution in [3.05, 3.63) is 23.7 Å². The van der Waals surface area contributed by atoms with Crippen molar-refractivity contribution in [3.63, 3.8) is 0 Å². The lowest BCUT2D eigenvalue weighted by atomic mass is 9.68. The molecule has 1 fully saturated rings. The van der Waals surface area contributed by atoms with Crippen molar-refractivity contribution in [1.82, 2.24) is 9.80 Å². The van der Waals surface area contributed by atoms with Crippen LogP contribution in [0.1, 0.15) is 30.8 Å². The Kier molecular flexibility index (Phi) is 5.06. The van der Waals surface area contributed by atoms with Gasteiger partial charge in [-0.2, -0.15) is 0 Å². The first-order chi connectivity index (χ1) is 9.97. The normalized spacial score (nSPS) is 16.8. The summed E-state index contributed by atoms with van der Waals surface area (Å²) in [6.45, 7) is 4.44. The molecule has 0 aliphatic heterocycles. The van der Waals surface area contributed by atoms with Gasteiger partial charge in [0.2, 0.25) is 5.91 Å². The van der Waals surface area contributed by atoms with E-state index in [2.05, 4.69) is 4.90 Å². The molecule has 2 rings (SSSR count). The molecule has 1 aromatic rings. The third kappa shape index (κ3) is 3.66. The molecule has 0 aromatic carbocycles. The van der Waals surface area contributed by atoms with Gasteiger partial charge in [-0.15, -0.1) is 0 Å². The zero-order chi connectivity index (χ0) is 15.5. The van der Waals surface area contributed by atoms with E-state index in [9.17, 15) is 4.79 Å². The molecule has 1 aliphatic carbocycles. The van der Waals surface area contributed by atoms with E-state index in [4.69, 9.17) is 10.2 Å². The fraction of sp³-hybridized carbons (Fsp3) is 0.688. The predicted molar refractivity (Wildman–Crippen MR) is 82.8 cm³/mol. The topological polar surface area (TPSA) is 62.7 Å². The van der Waals surface area contributed by atoms with Crippen LogP contribution in [0.25, 0.3) is 0 Å². The molecule has 0 atom stereocenters. The Morgan fingerprint density at radius 1 is 1.33 bits per heavy atom. The highest BCUT2D eigenvalue weighted by molar-refractivity contribution is 5.84. The second kappa shape index (κ2) is 6.62. The van der Waals surface area contributed by atoms with Gasteiger partial charge >= 0.3 is 0 Å². The molecule has 5 nitrogen and oxygen atoms in total. The van der Waals surface area contributed by atoms with Gasteiger partial charge in [0.1, 0.15) is 11.5 Å². The molecule has 0 spiro atoms. The summed E-state index contributed by atoms with van der Waals surface area (Å²) in [5.74, 6) is 1.90. The SMILES string of the molecule is Cc1ccc(CN(CCN(C)C)C(=O)C2(CN)CCC2)o1. The number of hydrogen-bond donors (Lipinski definition) is 1. The Hall–Kier alpha value is -1.33. The summed E-state index contributed by atoms with van der Waals surface area (Å²) in [7, 11) is 4.03. The average molecular weight is 293 g/mol. The lowest BCUT2D eigenvalue weighted by Crippen LogP contribution is -2.52. The minimum Gasteiger partial charge on any atom is -0.464 e. The highest BCUT2D eigenvalue weighted by Gasteiger charge is 2.45. The van der Waals surface area contributed by atoms with E-state index in [0.29, 0.717) is 19.6 Å². The van der Waals surface area contributed by atoms with Crippen molar-refractivity contribution in [2.45, 2.75) is 32.7 Å². The standard InChI is InChI=1S/C16H27N3O2/c1-13-5-6-14(21-13)11-19(10-9-18(2)3)15(20)16(12-17)7-4-8-16/h5-6H,4,7-12,17H2,1-3H3. The molecule has 1 heterocycles. The molecule has 118 valence electrons. The molecule has 2 N–H and O–H groups in total. The lowest BCUT2D eigenvalue weighted by Gasteiger charge is -2.42. The minimum atomic E-state index is -0.325. The van der Waals surface area contributed by atoms with Crippen LogP contribution in [0.3, 0.4) is 0 Å². The van der Waals surface area contributed by atoms with E-state index in [0.717, 1.165) is 37.3 Å². The van der Waals surface area contributed by atoms with Crippen LogP contribution in [0.15, 0.2) is 16.5 Å². The van der Waals surface area contributed by atoms with Crippen LogP contribution in [0.5, 0.6) is 0 Å². The van der Waals surface area contributed by atoms with Gasteiger partial charge in [0.05, 0.1) is 12.0 Å². The van der Waals surface area contributed by atoms with Crippen LogP contribution in [0.2, 0.25) is 0 Å². The van der Waals surface area contributed by atoms with E-state index in [1.54, 1.807) is 0 Å². The number of furan rings is 1. The first-order valence-electron chi connectivity index (χ1n) is 7.66. The van der Waals surface area contributed by atoms with Crippen molar-refractivity contribution in [2.24, 2.45) is 11.1 Å². The summed E-state index contributed by atoms with van der Waals surface area (Å²) >= 11 is 0. The van der Waals surface area contributed by atoms with Crippen LogP contribution >= 0.6 is 0 Å². The smallest absolute Gasteiger partial charge is 0.230 e. The van der Waals surface area contributed by atoms with Crippen LogP contribution in [-0.4, -0.2) is 49.4 Å². The molecule has 0 saturated heterocycles. The average Bonchev–Trinajstić information content (AvgIpc) is 2.79. The third-order valence-corrected chi connectivity index (χ3v) is 4.40. The van der Waals surface area contributed by atoms with Gasteiger partial charge in [0.15, 0.2) is 0 Å².